The van der Waals surface area contributed by atoms with Gasteiger partial charge in [0.15, 0.2) is 11.5 Å². The van der Waals surface area contributed by atoms with Crippen molar-refractivity contribution in [2.24, 2.45) is 5.92 Å². The fraction of sp³-hybridized carbons (Fsp3) is 0.312. The summed E-state index contributed by atoms with van der Waals surface area (Å²) in [5.74, 6) is 0.559. The van der Waals surface area contributed by atoms with E-state index in [1.54, 1.807) is 25.2 Å². The summed E-state index contributed by atoms with van der Waals surface area (Å²) in [5, 5.41) is 12.4. The number of non-ortho nitro benzene ring substituents is 1. The molecule has 10 heteroatoms. The molecule has 1 N–H and O–H groups in total. The fourth-order valence-corrected chi connectivity index (χ4v) is 4.94. The van der Waals surface area contributed by atoms with Crippen molar-refractivity contribution >= 4 is 28.4 Å². The second kappa shape index (κ2) is 13.7. The lowest BCUT2D eigenvalue weighted by Gasteiger charge is -2.29. The first-order chi connectivity index (χ1) is 20.2. The third kappa shape index (κ3) is 7.25. The molecule has 0 aliphatic carbocycles. The fourth-order valence-electron chi connectivity index (χ4n) is 4.94. The van der Waals surface area contributed by atoms with E-state index in [2.05, 4.69) is 4.98 Å². The van der Waals surface area contributed by atoms with Crippen LogP contribution in [0, 0.1) is 16.0 Å². The number of nitro benzene ring substituents is 1. The Morgan fingerprint density at radius 2 is 1.71 bits per heavy atom. The highest BCUT2D eigenvalue weighted by atomic mass is 16.6. The van der Waals surface area contributed by atoms with Crippen LogP contribution in [-0.2, 0) is 17.8 Å². The van der Waals surface area contributed by atoms with Crippen molar-refractivity contribution in [3.63, 3.8) is 0 Å². The van der Waals surface area contributed by atoms with Gasteiger partial charge in [-0.2, -0.15) is 0 Å². The number of carbonyl (C=O) groups excluding carboxylic acids is 2. The van der Waals surface area contributed by atoms with E-state index in [4.69, 9.17) is 9.47 Å². The first kappa shape index (κ1) is 30.1. The molecule has 0 saturated heterocycles. The van der Waals surface area contributed by atoms with Crippen molar-refractivity contribution in [3.8, 4) is 11.5 Å². The molecule has 0 aliphatic heterocycles. The zero-order valence-corrected chi connectivity index (χ0v) is 24.3. The molecule has 0 fully saturated rings. The van der Waals surface area contributed by atoms with Gasteiger partial charge in [-0.25, -0.2) is 0 Å². The number of benzene rings is 3. The van der Waals surface area contributed by atoms with Gasteiger partial charge in [0, 0.05) is 54.4 Å². The highest BCUT2D eigenvalue weighted by Gasteiger charge is 2.25. The van der Waals surface area contributed by atoms with Crippen molar-refractivity contribution < 1.29 is 24.0 Å². The third-order valence-electron chi connectivity index (χ3n) is 7.00. The second-order valence-corrected chi connectivity index (χ2v) is 10.5. The number of methoxy groups -OCH3 is 2. The highest BCUT2D eigenvalue weighted by Crippen LogP contribution is 2.28. The average molecular weight is 573 g/mol. The molecule has 4 aromatic rings. The topological polar surface area (TPSA) is 118 Å². The summed E-state index contributed by atoms with van der Waals surface area (Å²) >= 11 is 0. The van der Waals surface area contributed by atoms with Gasteiger partial charge in [0.25, 0.3) is 11.6 Å². The van der Waals surface area contributed by atoms with Gasteiger partial charge in [0.1, 0.15) is 6.54 Å². The first-order valence-electron chi connectivity index (χ1n) is 13.8. The molecule has 3 aromatic carbocycles. The Bertz CT molecular complexity index is 1560. The molecule has 0 unspecified atom stereocenters. The highest BCUT2D eigenvalue weighted by molar-refractivity contribution is 5.97. The maximum absolute atomic E-state index is 13.9. The average Bonchev–Trinajstić information content (AvgIpc) is 3.41. The zero-order chi connectivity index (χ0) is 30.2. The summed E-state index contributed by atoms with van der Waals surface area (Å²) in [6, 6.07) is 19.1. The van der Waals surface area contributed by atoms with Crippen molar-refractivity contribution in [2.75, 3.05) is 33.9 Å². The predicted octanol–water partition coefficient (Wildman–Crippen LogP) is 5.46. The Kier molecular flexibility index (Phi) is 9.80. The number of nitrogens with zero attached hydrogens (tertiary/aromatic N) is 3. The van der Waals surface area contributed by atoms with Crippen molar-refractivity contribution in [3.05, 3.63) is 99.7 Å². The van der Waals surface area contributed by atoms with Gasteiger partial charge in [-0.3, -0.25) is 19.7 Å². The van der Waals surface area contributed by atoms with Crippen LogP contribution in [0.3, 0.4) is 0 Å². The minimum atomic E-state index is -0.537. The lowest BCUT2D eigenvalue weighted by atomic mass is 10.1. The monoisotopic (exact) mass is 572 g/mol. The molecule has 0 spiro atoms. The van der Waals surface area contributed by atoms with Gasteiger partial charge in [-0.15, -0.1) is 0 Å². The van der Waals surface area contributed by atoms with E-state index in [1.165, 1.54) is 29.2 Å². The van der Waals surface area contributed by atoms with Gasteiger partial charge in [0.05, 0.1) is 19.1 Å². The lowest BCUT2D eigenvalue weighted by Crippen LogP contribution is -2.44. The summed E-state index contributed by atoms with van der Waals surface area (Å²) < 4.78 is 10.8. The number of rotatable bonds is 13. The van der Waals surface area contributed by atoms with E-state index < -0.39 is 10.8 Å². The summed E-state index contributed by atoms with van der Waals surface area (Å²) in [6.45, 7) is 4.77. The number of H-pyrrole nitrogens is 1. The number of aromatic amines is 1. The van der Waals surface area contributed by atoms with E-state index in [1.807, 2.05) is 56.4 Å². The first-order valence-corrected chi connectivity index (χ1v) is 13.8. The second-order valence-electron chi connectivity index (χ2n) is 10.5. The quantitative estimate of drug-likeness (QED) is 0.168. The van der Waals surface area contributed by atoms with Crippen LogP contribution in [0.2, 0.25) is 0 Å². The number of hydrogen-bond donors (Lipinski definition) is 1. The Morgan fingerprint density at radius 1 is 0.952 bits per heavy atom. The Labute approximate surface area is 245 Å². The van der Waals surface area contributed by atoms with Gasteiger partial charge < -0.3 is 24.3 Å². The van der Waals surface area contributed by atoms with E-state index in [0.29, 0.717) is 37.6 Å². The number of carbonyl (C=O) groups is 2. The van der Waals surface area contributed by atoms with Crippen LogP contribution in [0.4, 0.5) is 5.69 Å². The molecule has 0 aliphatic rings. The minimum Gasteiger partial charge on any atom is -0.493 e. The predicted molar refractivity (Wildman–Crippen MR) is 161 cm³/mol. The molecule has 0 radical (unpaired) electrons. The lowest BCUT2D eigenvalue weighted by molar-refractivity contribution is -0.384. The number of para-hydroxylation sites is 1. The minimum absolute atomic E-state index is 0.0750. The Morgan fingerprint density at radius 3 is 2.43 bits per heavy atom. The molecule has 10 nitrogen and oxygen atoms in total. The third-order valence-corrected chi connectivity index (χ3v) is 7.00. The molecule has 1 heterocycles. The van der Waals surface area contributed by atoms with E-state index in [-0.39, 0.29) is 29.6 Å². The molecule has 2 amide bonds. The smallest absolute Gasteiger partial charge is 0.270 e. The number of ether oxygens (including phenoxy) is 2. The molecule has 0 saturated carbocycles. The normalized spacial score (nSPS) is 11.0. The van der Waals surface area contributed by atoms with E-state index in [9.17, 15) is 19.7 Å². The van der Waals surface area contributed by atoms with Crippen LogP contribution < -0.4 is 9.47 Å². The number of nitro groups is 1. The van der Waals surface area contributed by atoms with Gasteiger partial charge in [-0.05, 0) is 47.7 Å². The summed E-state index contributed by atoms with van der Waals surface area (Å²) in [7, 11) is 3.13. The van der Waals surface area contributed by atoms with Crippen LogP contribution >= 0.6 is 0 Å². The van der Waals surface area contributed by atoms with Gasteiger partial charge in [0.2, 0.25) is 5.91 Å². The van der Waals surface area contributed by atoms with E-state index >= 15 is 0 Å². The molecule has 42 heavy (non-hydrogen) atoms. The maximum atomic E-state index is 13.9. The largest absolute Gasteiger partial charge is 0.493 e. The standard InChI is InChI=1S/C32H36N4O6/c1-22(2)19-35(32(38)24-8-7-9-26(17-24)36(39)40)21-31(37)34(20-23-12-13-29(41-3)30(16-23)42-4)15-14-25-18-33-28-11-6-5-10-27(25)28/h5-13,16-18,22,33H,14-15,19-21H2,1-4H3. The van der Waals surface area contributed by atoms with Crippen molar-refractivity contribution in [1.82, 2.24) is 14.8 Å². The Hall–Kier alpha value is -4.86. The number of hydrogen-bond acceptors (Lipinski definition) is 6. The zero-order valence-electron chi connectivity index (χ0n) is 24.3. The maximum Gasteiger partial charge on any atom is 0.270 e. The molecular weight excluding hydrogens is 536 g/mol. The molecular formula is C32H36N4O6. The molecule has 220 valence electrons. The van der Waals surface area contributed by atoms with Crippen LogP contribution in [0.25, 0.3) is 10.9 Å². The van der Waals surface area contributed by atoms with Crippen molar-refractivity contribution in [2.45, 2.75) is 26.8 Å². The molecule has 1 aromatic heterocycles. The Balaban J connectivity index is 1.60. The van der Waals surface area contributed by atoms with Crippen LogP contribution in [0.5, 0.6) is 11.5 Å². The van der Waals surface area contributed by atoms with Crippen LogP contribution in [-0.4, -0.2) is 65.4 Å². The van der Waals surface area contributed by atoms with Crippen molar-refractivity contribution in [1.29, 1.82) is 0 Å². The SMILES string of the molecule is COc1ccc(CN(CCc2c[nH]c3ccccc23)C(=O)CN(CC(C)C)C(=O)c2cccc([N+](=O)[O-])c2)cc1OC. The van der Waals surface area contributed by atoms with Gasteiger partial charge in [-0.1, -0.05) is 44.2 Å². The number of nitrogens with one attached hydrogen (secondary N) is 1. The molecule has 4 rings (SSSR count). The summed E-state index contributed by atoms with van der Waals surface area (Å²) in [6.07, 6.45) is 2.56. The van der Waals surface area contributed by atoms with Gasteiger partial charge >= 0.3 is 0 Å². The number of amides is 2. The van der Waals surface area contributed by atoms with Crippen LogP contribution in [0.15, 0.2) is 72.9 Å². The number of fused-ring (bicyclic) bond motifs is 1. The van der Waals surface area contributed by atoms with Crippen LogP contribution in [0.1, 0.15) is 35.3 Å². The number of aromatic nitrogens is 1. The summed E-state index contributed by atoms with van der Waals surface area (Å²) in [5.41, 5.74) is 2.95. The molecule has 0 bridgehead atoms. The van der Waals surface area contributed by atoms with E-state index in [0.717, 1.165) is 22.0 Å². The summed E-state index contributed by atoms with van der Waals surface area (Å²) in [4.78, 5) is 44.7. The molecule has 0 atom stereocenters.